The quantitative estimate of drug-likeness (QED) is 0.944. The fourth-order valence-electron chi connectivity index (χ4n) is 2.56. The lowest BCUT2D eigenvalue weighted by Gasteiger charge is -2.27. The molecule has 104 valence electrons. The van der Waals surface area contributed by atoms with Crippen LogP contribution in [0.25, 0.3) is 11.4 Å². The molecule has 6 heteroatoms. The Bertz CT molecular complexity index is 500. The van der Waals surface area contributed by atoms with Crippen molar-refractivity contribution in [1.82, 2.24) is 10.1 Å². The van der Waals surface area contributed by atoms with Gasteiger partial charge in [0.05, 0.1) is 0 Å². The number of nitrogens with zero attached hydrogens (tertiary/aromatic N) is 2. The molecule has 0 spiro atoms. The van der Waals surface area contributed by atoms with Crippen LogP contribution in [0.3, 0.4) is 0 Å². The van der Waals surface area contributed by atoms with Crippen molar-refractivity contribution >= 4 is 23.7 Å². The molecule has 2 atom stereocenters. The Labute approximate surface area is 122 Å². The van der Waals surface area contributed by atoms with Crippen molar-refractivity contribution in [2.45, 2.75) is 38.1 Å². The van der Waals surface area contributed by atoms with Crippen molar-refractivity contribution in [3.05, 3.63) is 22.7 Å². The second kappa shape index (κ2) is 6.50. The summed E-state index contributed by atoms with van der Waals surface area (Å²) in [5.74, 6) is 1.91. The Hall–Kier alpha value is -0.910. The molecule has 0 amide bonds. The Morgan fingerprint density at radius 3 is 2.95 bits per heavy atom. The second-order valence-corrected chi connectivity index (χ2v) is 5.72. The third-order valence-electron chi connectivity index (χ3n) is 3.65. The summed E-state index contributed by atoms with van der Waals surface area (Å²) in [6.07, 6.45) is 5.64. The van der Waals surface area contributed by atoms with E-state index in [1.54, 1.807) is 11.3 Å². The van der Waals surface area contributed by atoms with E-state index >= 15 is 0 Å². The highest BCUT2D eigenvalue weighted by Crippen LogP contribution is 2.26. The molecule has 2 N–H and O–H groups in total. The van der Waals surface area contributed by atoms with Crippen LogP contribution in [-0.2, 0) is 6.42 Å². The Balaban J connectivity index is 0.00000133. The standard InChI is InChI=1S/C13H17N3OS.ClH/c14-11-4-2-1-3-9(11)7-12-15-13(16-17-12)10-5-6-18-8-10;/h5-6,8-9,11H,1-4,7,14H2;1H. The number of thiophene rings is 1. The van der Waals surface area contributed by atoms with Crippen molar-refractivity contribution in [3.8, 4) is 11.4 Å². The highest BCUT2D eigenvalue weighted by molar-refractivity contribution is 7.08. The van der Waals surface area contributed by atoms with Gasteiger partial charge >= 0.3 is 0 Å². The summed E-state index contributed by atoms with van der Waals surface area (Å²) in [4.78, 5) is 4.45. The van der Waals surface area contributed by atoms with Crippen molar-refractivity contribution in [2.24, 2.45) is 11.7 Å². The first-order valence-electron chi connectivity index (χ1n) is 6.43. The number of hydrogen-bond acceptors (Lipinski definition) is 5. The molecule has 1 aliphatic rings. The van der Waals surface area contributed by atoms with E-state index in [0.29, 0.717) is 11.7 Å². The average Bonchev–Trinajstić information content (AvgIpc) is 3.02. The van der Waals surface area contributed by atoms with E-state index in [-0.39, 0.29) is 18.4 Å². The molecular weight excluding hydrogens is 282 g/mol. The maximum Gasteiger partial charge on any atom is 0.227 e. The normalized spacial score (nSPS) is 23.0. The summed E-state index contributed by atoms with van der Waals surface area (Å²) in [5.41, 5.74) is 7.17. The Morgan fingerprint density at radius 2 is 2.21 bits per heavy atom. The van der Waals surface area contributed by atoms with E-state index in [4.69, 9.17) is 10.3 Å². The molecule has 2 aromatic heterocycles. The number of halogens is 1. The predicted molar refractivity (Wildman–Crippen MR) is 78.5 cm³/mol. The molecule has 4 nitrogen and oxygen atoms in total. The molecular formula is C13H18ClN3OS. The van der Waals surface area contributed by atoms with Gasteiger partial charge in [-0.25, -0.2) is 0 Å². The fraction of sp³-hybridized carbons (Fsp3) is 0.538. The van der Waals surface area contributed by atoms with Gasteiger partial charge < -0.3 is 10.3 Å². The van der Waals surface area contributed by atoms with E-state index in [1.165, 1.54) is 19.3 Å². The van der Waals surface area contributed by atoms with Crippen LogP contribution in [0.2, 0.25) is 0 Å². The fourth-order valence-corrected chi connectivity index (χ4v) is 3.20. The monoisotopic (exact) mass is 299 g/mol. The van der Waals surface area contributed by atoms with Crippen LogP contribution >= 0.6 is 23.7 Å². The van der Waals surface area contributed by atoms with Gasteiger partial charge in [0, 0.05) is 23.4 Å². The number of hydrogen-bond donors (Lipinski definition) is 1. The molecule has 0 radical (unpaired) electrons. The van der Waals surface area contributed by atoms with Gasteiger partial charge in [-0.05, 0) is 30.2 Å². The van der Waals surface area contributed by atoms with E-state index < -0.39 is 0 Å². The topological polar surface area (TPSA) is 64.9 Å². The minimum atomic E-state index is 0. The van der Waals surface area contributed by atoms with Gasteiger partial charge in [0.1, 0.15) is 0 Å². The first kappa shape index (κ1) is 14.5. The first-order valence-corrected chi connectivity index (χ1v) is 7.38. The van der Waals surface area contributed by atoms with E-state index in [0.717, 1.165) is 24.3 Å². The molecule has 2 heterocycles. The Kier molecular flexibility index (Phi) is 4.96. The molecule has 1 fully saturated rings. The molecule has 0 saturated heterocycles. The van der Waals surface area contributed by atoms with Crippen LogP contribution in [-0.4, -0.2) is 16.2 Å². The summed E-state index contributed by atoms with van der Waals surface area (Å²) >= 11 is 1.64. The van der Waals surface area contributed by atoms with Gasteiger partial charge in [-0.15, -0.1) is 12.4 Å². The van der Waals surface area contributed by atoms with Crippen molar-refractivity contribution in [3.63, 3.8) is 0 Å². The molecule has 19 heavy (non-hydrogen) atoms. The van der Waals surface area contributed by atoms with Crippen LogP contribution in [0.5, 0.6) is 0 Å². The highest BCUT2D eigenvalue weighted by atomic mass is 35.5. The minimum Gasteiger partial charge on any atom is -0.339 e. The van der Waals surface area contributed by atoms with E-state index in [1.807, 2.05) is 16.8 Å². The lowest BCUT2D eigenvalue weighted by molar-refractivity contribution is 0.273. The van der Waals surface area contributed by atoms with Crippen molar-refractivity contribution in [2.75, 3.05) is 0 Å². The largest absolute Gasteiger partial charge is 0.339 e. The van der Waals surface area contributed by atoms with Crippen molar-refractivity contribution < 1.29 is 4.52 Å². The van der Waals surface area contributed by atoms with Crippen LogP contribution in [0.4, 0.5) is 0 Å². The SMILES string of the molecule is Cl.NC1CCCCC1Cc1nc(-c2ccsc2)no1. The van der Waals surface area contributed by atoms with Crippen LogP contribution in [0.1, 0.15) is 31.6 Å². The maximum atomic E-state index is 6.14. The summed E-state index contributed by atoms with van der Waals surface area (Å²) in [7, 11) is 0. The lowest BCUT2D eigenvalue weighted by atomic mass is 9.83. The van der Waals surface area contributed by atoms with Crippen LogP contribution in [0.15, 0.2) is 21.3 Å². The van der Waals surface area contributed by atoms with E-state index in [2.05, 4.69) is 10.1 Å². The van der Waals surface area contributed by atoms with Crippen LogP contribution < -0.4 is 5.73 Å². The number of rotatable bonds is 3. The van der Waals surface area contributed by atoms with Crippen molar-refractivity contribution in [1.29, 1.82) is 0 Å². The third kappa shape index (κ3) is 3.35. The molecule has 0 aromatic carbocycles. The first-order chi connectivity index (χ1) is 8.83. The lowest BCUT2D eigenvalue weighted by Crippen LogP contribution is -2.34. The molecule has 2 aromatic rings. The summed E-state index contributed by atoms with van der Waals surface area (Å²) < 4.78 is 5.33. The summed E-state index contributed by atoms with van der Waals surface area (Å²) in [6.45, 7) is 0. The number of nitrogens with two attached hydrogens (primary N) is 1. The molecule has 2 unspecified atom stereocenters. The molecule has 1 aliphatic carbocycles. The van der Waals surface area contributed by atoms with E-state index in [9.17, 15) is 0 Å². The molecule has 0 aliphatic heterocycles. The van der Waals surface area contributed by atoms with Crippen LogP contribution in [0, 0.1) is 5.92 Å². The highest BCUT2D eigenvalue weighted by Gasteiger charge is 2.24. The van der Waals surface area contributed by atoms with Gasteiger partial charge in [0.15, 0.2) is 0 Å². The third-order valence-corrected chi connectivity index (χ3v) is 4.34. The number of aromatic nitrogens is 2. The zero-order valence-corrected chi connectivity index (χ0v) is 12.3. The average molecular weight is 300 g/mol. The molecule has 0 bridgehead atoms. The van der Waals surface area contributed by atoms with Gasteiger partial charge in [-0.1, -0.05) is 18.0 Å². The zero-order valence-electron chi connectivity index (χ0n) is 10.6. The Morgan fingerprint density at radius 1 is 1.37 bits per heavy atom. The second-order valence-electron chi connectivity index (χ2n) is 4.94. The zero-order chi connectivity index (χ0) is 12.4. The van der Waals surface area contributed by atoms with Gasteiger partial charge in [0.2, 0.25) is 11.7 Å². The maximum absolute atomic E-state index is 6.14. The molecule has 3 rings (SSSR count). The predicted octanol–water partition coefficient (Wildman–Crippen LogP) is 3.28. The van der Waals surface area contributed by atoms with Gasteiger partial charge in [0.25, 0.3) is 0 Å². The molecule has 1 saturated carbocycles. The summed E-state index contributed by atoms with van der Waals surface area (Å²) in [6, 6.07) is 2.29. The smallest absolute Gasteiger partial charge is 0.227 e. The minimum absolute atomic E-state index is 0. The van der Waals surface area contributed by atoms with Gasteiger partial charge in [-0.2, -0.15) is 16.3 Å². The summed E-state index contributed by atoms with van der Waals surface area (Å²) in [5, 5.41) is 8.07. The van der Waals surface area contributed by atoms with Gasteiger partial charge in [-0.3, -0.25) is 0 Å².